The van der Waals surface area contributed by atoms with Crippen molar-refractivity contribution in [1.82, 2.24) is 4.98 Å². The largest absolute Gasteiger partial charge is 0.455 e. The van der Waals surface area contributed by atoms with E-state index in [1.807, 2.05) is 24.4 Å². The Kier molecular flexibility index (Phi) is 2.91. The molecule has 1 aromatic heterocycles. The van der Waals surface area contributed by atoms with Gasteiger partial charge in [0.1, 0.15) is 11.5 Å². The summed E-state index contributed by atoms with van der Waals surface area (Å²) in [5.41, 5.74) is 4.31. The first-order chi connectivity index (χ1) is 13.4. The molecule has 0 fully saturated rings. The van der Waals surface area contributed by atoms with Gasteiger partial charge in [0.15, 0.2) is 0 Å². The minimum atomic E-state index is 0.882. The minimum Gasteiger partial charge on any atom is -0.455 e. The Morgan fingerprint density at radius 2 is 1.33 bits per heavy atom. The average molecular weight is 345 g/mol. The molecule has 0 N–H and O–H groups in total. The maximum absolute atomic E-state index is 6.44. The van der Waals surface area contributed by atoms with Crippen LogP contribution in [0.3, 0.4) is 0 Å². The lowest BCUT2D eigenvalue weighted by Gasteiger charge is -2.23. The van der Waals surface area contributed by atoms with Crippen molar-refractivity contribution in [3.05, 3.63) is 91.1 Å². The lowest BCUT2D eigenvalue weighted by molar-refractivity contribution is 0.488. The molecular weight excluding hydrogens is 330 g/mol. The number of rotatable bonds is 1. The second-order valence-corrected chi connectivity index (χ2v) is 6.82. The molecule has 0 saturated heterocycles. The van der Waals surface area contributed by atoms with Gasteiger partial charge in [-0.2, -0.15) is 0 Å². The third-order valence-corrected chi connectivity index (χ3v) is 5.31. The highest BCUT2D eigenvalue weighted by Gasteiger charge is 2.23. The first-order valence-electron chi connectivity index (χ1n) is 9.07. The van der Waals surface area contributed by atoms with Crippen LogP contribution in [0.4, 0.5) is 0 Å². The maximum atomic E-state index is 6.44. The molecule has 0 amide bonds. The number of hydrogen-bond acceptors (Lipinski definition) is 2. The average Bonchev–Trinajstić information content (AvgIpc) is 2.73. The van der Waals surface area contributed by atoms with Crippen LogP contribution >= 0.6 is 0 Å². The Hall–Kier alpha value is -3.65. The summed E-state index contributed by atoms with van der Waals surface area (Å²) >= 11 is 0. The first kappa shape index (κ1) is 14.5. The summed E-state index contributed by atoms with van der Waals surface area (Å²) in [7, 11) is 0. The van der Waals surface area contributed by atoms with E-state index in [-0.39, 0.29) is 0 Å². The van der Waals surface area contributed by atoms with Crippen LogP contribution in [0, 0.1) is 0 Å². The molecule has 1 aliphatic heterocycles. The summed E-state index contributed by atoms with van der Waals surface area (Å²) in [5.74, 6) is 1.79. The molecule has 2 heteroatoms. The zero-order valence-corrected chi connectivity index (χ0v) is 14.5. The van der Waals surface area contributed by atoms with E-state index in [9.17, 15) is 0 Å². The third kappa shape index (κ3) is 2.04. The Morgan fingerprint density at radius 3 is 2.30 bits per heavy atom. The molecule has 0 aliphatic carbocycles. The number of nitrogens with zero attached hydrogens (tertiary/aromatic N) is 1. The van der Waals surface area contributed by atoms with Gasteiger partial charge in [-0.25, -0.2) is 0 Å². The van der Waals surface area contributed by atoms with Gasteiger partial charge in [-0.1, -0.05) is 66.7 Å². The van der Waals surface area contributed by atoms with Crippen molar-refractivity contribution in [3.63, 3.8) is 0 Å². The van der Waals surface area contributed by atoms with Crippen molar-refractivity contribution < 1.29 is 4.74 Å². The van der Waals surface area contributed by atoms with Crippen LogP contribution < -0.4 is 4.74 Å². The fourth-order valence-corrected chi connectivity index (χ4v) is 4.11. The molecule has 6 rings (SSSR count). The van der Waals surface area contributed by atoms with Gasteiger partial charge < -0.3 is 4.74 Å². The zero-order chi connectivity index (χ0) is 17.8. The normalized spacial score (nSPS) is 12.0. The van der Waals surface area contributed by atoms with Crippen LogP contribution in [0.2, 0.25) is 0 Å². The van der Waals surface area contributed by atoms with E-state index in [1.54, 1.807) is 0 Å². The van der Waals surface area contributed by atoms with E-state index in [0.717, 1.165) is 33.7 Å². The van der Waals surface area contributed by atoms with Gasteiger partial charge in [-0.15, -0.1) is 0 Å². The van der Waals surface area contributed by atoms with Crippen molar-refractivity contribution in [3.8, 4) is 33.9 Å². The van der Waals surface area contributed by atoms with E-state index in [1.165, 1.54) is 21.7 Å². The first-order valence-corrected chi connectivity index (χ1v) is 9.07. The molecule has 2 heterocycles. The van der Waals surface area contributed by atoms with Gasteiger partial charge in [0.2, 0.25) is 0 Å². The van der Waals surface area contributed by atoms with Crippen molar-refractivity contribution in [2.24, 2.45) is 0 Å². The van der Waals surface area contributed by atoms with Crippen molar-refractivity contribution >= 4 is 21.5 Å². The zero-order valence-electron chi connectivity index (χ0n) is 14.5. The fraction of sp³-hybridized carbons (Fsp3) is 0. The summed E-state index contributed by atoms with van der Waals surface area (Å²) in [4.78, 5) is 4.71. The Morgan fingerprint density at radius 1 is 0.593 bits per heavy atom. The van der Waals surface area contributed by atoms with Crippen LogP contribution in [0.25, 0.3) is 43.9 Å². The number of benzene rings is 4. The summed E-state index contributed by atoms with van der Waals surface area (Å²) in [5, 5.41) is 4.69. The molecule has 0 atom stereocenters. The molecule has 4 aromatic carbocycles. The second-order valence-electron chi connectivity index (χ2n) is 6.82. The third-order valence-electron chi connectivity index (χ3n) is 5.31. The molecule has 0 radical (unpaired) electrons. The lowest BCUT2D eigenvalue weighted by Crippen LogP contribution is -1.99. The van der Waals surface area contributed by atoms with Crippen LogP contribution in [0.5, 0.6) is 11.5 Å². The Bertz CT molecular complexity index is 1340. The molecular formula is C25H15NO. The highest BCUT2D eigenvalue weighted by atomic mass is 16.5. The maximum Gasteiger partial charge on any atom is 0.144 e. The highest BCUT2D eigenvalue weighted by Crippen LogP contribution is 2.50. The van der Waals surface area contributed by atoms with Gasteiger partial charge >= 0.3 is 0 Å². The molecule has 1 aliphatic rings. The molecule has 126 valence electrons. The molecule has 0 saturated carbocycles. The van der Waals surface area contributed by atoms with Crippen molar-refractivity contribution in [2.75, 3.05) is 0 Å². The summed E-state index contributed by atoms with van der Waals surface area (Å²) in [6, 6.07) is 29.4. The van der Waals surface area contributed by atoms with E-state index in [2.05, 4.69) is 66.7 Å². The van der Waals surface area contributed by atoms with Gasteiger partial charge in [-0.05, 0) is 34.5 Å². The number of aromatic nitrogens is 1. The Labute approximate surface area is 156 Å². The van der Waals surface area contributed by atoms with Crippen LogP contribution in [-0.4, -0.2) is 4.98 Å². The van der Waals surface area contributed by atoms with Gasteiger partial charge in [0.05, 0.1) is 5.69 Å². The quantitative estimate of drug-likeness (QED) is 0.326. The van der Waals surface area contributed by atoms with Crippen LogP contribution in [0.15, 0.2) is 91.1 Å². The molecule has 0 unspecified atom stereocenters. The number of pyridine rings is 1. The fourth-order valence-electron chi connectivity index (χ4n) is 4.11. The summed E-state index contributed by atoms with van der Waals surface area (Å²) in [6.45, 7) is 0. The summed E-state index contributed by atoms with van der Waals surface area (Å²) < 4.78 is 6.44. The SMILES string of the molecule is c1cc(-c2nccc3ccccc23)c2c(c1)-c1cccc3cccc(c13)O2. The minimum absolute atomic E-state index is 0.882. The predicted octanol–water partition coefficient (Wildman–Crippen LogP) is 6.83. The molecule has 2 nitrogen and oxygen atoms in total. The van der Waals surface area contributed by atoms with E-state index < -0.39 is 0 Å². The molecule has 5 aromatic rings. The smallest absolute Gasteiger partial charge is 0.144 e. The predicted molar refractivity (Wildman–Crippen MR) is 110 cm³/mol. The molecule has 0 bridgehead atoms. The van der Waals surface area contributed by atoms with E-state index in [0.29, 0.717) is 0 Å². The van der Waals surface area contributed by atoms with Crippen LogP contribution in [-0.2, 0) is 0 Å². The van der Waals surface area contributed by atoms with Gasteiger partial charge in [0.25, 0.3) is 0 Å². The number of ether oxygens (including phenoxy) is 1. The van der Waals surface area contributed by atoms with E-state index in [4.69, 9.17) is 9.72 Å². The number of para-hydroxylation sites is 1. The van der Waals surface area contributed by atoms with Crippen molar-refractivity contribution in [2.45, 2.75) is 0 Å². The second kappa shape index (κ2) is 5.42. The Balaban J connectivity index is 1.69. The van der Waals surface area contributed by atoms with E-state index >= 15 is 0 Å². The lowest BCUT2D eigenvalue weighted by atomic mass is 9.92. The molecule has 0 spiro atoms. The monoisotopic (exact) mass is 345 g/mol. The summed E-state index contributed by atoms with van der Waals surface area (Å²) in [6.07, 6.45) is 1.87. The van der Waals surface area contributed by atoms with Crippen LogP contribution in [0.1, 0.15) is 0 Å². The van der Waals surface area contributed by atoms with Crippen molar-refractivity contribution in [1.29, 1.82) is 0 Å². The topological polar surface area (TPSA) is 22.1 Å². The highest BCUT2D eigenvalue weighted by molar-refractivity contribution is 6.06. The number of hydrogen-bond donors (Lipinski definition) is 0. The van der Waals surface area contributed by atoms with Gasteiger partial charge in [0, 0.05) is 28.1 Å². The number of fused-ring (bicyclic) bond motifs is 3. The molecule has 27 heavy (non-hydrogen) atoms. The van der Waals surface area contributed by atoms with Gasteiger partial charge in [-0.3, -0.25) is 4.98 Å². The standard InChI is InChI=1S/C25H15NO/c1-2-9-18-16(6-1)14-15-26-24(18)21-12-5-11-20-19-10-3-7-17-8-4-13-22(23(17)19)27-25(20)21/h1-15H.